The number of rotatable bonds is 6. The van der Waals surface area contributed by atoms with Crippen molar-refractivity contribution in [2.75, 3.05) is 18.5 Å². The van der Waals surface area contributed by atoms with Gasteiger partial charge in [-0.3, -0.25) is 10.1 Å². The van der Waals surface area contributed by atoms with Crippen LogP contribution < -0.4 is 10.9 Å². The number of nitrogens with one attached hydrogen (secondary N) is 1. The fraction of sp³-hybridized carbons (Fsp3) is 0.625. The summed E-state index contributed by atoms with van der Waals surface area (Å²) in [5.41, 5.74) is 0.402. The Morgan fingerprint density at radius 2 is 2.38 bits per heavy atom. The van der Waals surface area contributed by atoms with Gasteiger partial charge in [0.2, 0.25) is 5.82 Å². The quantitative estimate of drug-likeness (QED) is 0.363. The Morgan fingerprint density at radius 1 is 1.69 bits per heavy atom. The maximum absolute atomic E-state index is 10.9. The summed E-state index contributed by atoms with van der Waals surface area (Å²) >= 11 is 0. The van der Waals surface area contributed by atoms with E-state index in [4.69, 9.17) is 5.11 Å². The van der Waals surface area contributed by atoms with E-state index in [9.17, 15) is 10.1 Å². The molecule has 0 aliphatic heterocycles. The molecule has 0 aliphatic rings. The SMILES string of the molecule is Bc1nn(CCCO)c(NCC)c1[N+](=O)[O-]. The lowest BCUT2D eigenvalue weighted by Gasteiger charge is -2.06. The number of aromatic nitrogens is 2. The Morgan fingerprint density at radius 3 is 2.88 bits per heavy atom. The number of nitro groups is 1. The van der Waals surface area contributed by atoms with E-state index in [1.54, 1.807) is 7.85 Å². The molecule has 8 heteroatoms. The molecular formula is C8H15BN4O3. The predicted molar refractivity (Wildman–Crippen MR) is 62.9 cm³/mol. The van der Waals surface area contributed by atoms with E-state index in [2.05, 4.69) is 10.4 Å². The summed E-state index contributed by atoms with van der Waals surface area (Å²) in [5, 5.41) is 26.6. The van der Waals surface area contributed by atoms with Crippen molar-refractivity contribution in [3.63, 3.8) is 0 Å². The van der Waals surface area contributed by atoms with Crippen LogP contribution in [-0.4, -0.2) is 40.8 Å². The first kappa shape index (κ1) is 12.5. The van der Waals surface area contributed by atoms with Crippen LogP contribution in [0.15, 0.2) is 0 Å². The molecule has 2 N–H and O–H groups in total. The molecule has 88 valence electrons. The third-order valence-corrected chi connectivity index (χ3v) is 2.15. The molecule has 1 aromatic rings. The summed E-state index contributed by atoms with van der Waals surface area (Å²) in [4.78, 5) is 10.4. The van der Waals surface area contributed by atoms with E-state index >= 15 is 0 Å². The number of hydrogen-bond acceptors (Lipinski definition) is 5. The standard InChI is InChI=1S/C8H15BN4O3/c1-2-10-8-6(13(15)16)7(9)11-12(8)4-3-5-14/h10,14H,2-5,9H2,1H3. The smallest absolute Gasteiger partial charge is 0.323 e. The van der Waals surface area contributed by atoms with Crippen molar-refractivity contribution in [2.24, 2.45) is 0 Å². The molecule has 0 saturated carbocycles. The van der Waals surface area contributed by atoms with Crippen LogP contribution in [0.1, 0.15) is 13.3 Å². The zero-order valence-corrected chi connectivity index (χ0v) is 9.43. The molecule has 0 bridgehead atoms. The summed E-state index contributed by atoms with van der Waals surface area (Å²) in [6.07, 6.45) is 0.524. The predicted octanol–water partition coefficient (Wildman–Crippen LogP) is -1.14. The van der Waals surface area contributed by atoms with E-state index in [-0.39, 0.29) is 12.3 Å². The first-order valence-corrected chi connectivity index (χ1v) is 5.18. The van der Waals surface area contributed by atoms with Crippen LogP contribution in [0.25, 0.3) is 0 Å². The second-order valence-corrected chi connectivity index (χ2v) is 3.37. The second-order valence-electron chi connectivity index (χ2n) is 3.37. The zero-order valence-electron chi connectivity index (χ0n) is 9.43. The van der Waals surface area contributed by atoms with Gasteiger partial charge in [0.25, 0.3) is 0 Å². The molecule has 0 atom stereocenters. The van der Waals surface area contributed by atoms with Crippen LogP contribution in [0.4, 0.5) is 11.5 Å². The molecule has 0 fully saturated rings. The van der Waals surface area contributed by atoms with Gasteiger partial charge >= 0.3 is 5.69 Å². The van der Waals surface area contributed by atoms with Gasteiger partial charge in [0.15, 0.2) is 7.85 Å². The monoisotopic (exact) mass is 226 g/mol. The van der Waals surface area contributed by atoms with Crippen LogP contribution in [-0.2, 0) is 6.54 Å². The largest absolute Gasteiger partial charge is 0.396 e. The number of aliphatic hydroxyl groups excluding tert-OH is 1. The third-order valence-electron chi connectivity index (χ3n) is 2.15. The molecule has 0 amide bonds. The average molecular weight is 226 g/mol. The third kappa shape index (κ3) is 2.51. The number of nitrogens with zero attached hydrogens (tertiary/aromatic N) is 3. The molecule has 1 heterocycles. The van der Waals surface area contributed by atoms with E-state index in [1.165, 1.54) is 4.68 Å². The number of anilines is 1. The molecule has 16 heavy (non-hydrogen) atoms. The summed E-state index contributed by atoms with van der Waals surface area (Å²) in [6.45, 7) is 2.96. The van der Waals surface area contributed by atoms with Crippen molar-refractivity contribution < 1.29 is 10.0 Å². The van der Waals surface area contributed by atoms with Crippen molar-refractivity contribution >= 4 is 24.9 Å². The molecule has 0 radical (unpaired) electrons. The van der Waals surface area contributed by atoms with Gasteiger partial charge in [-0.1, -0.05) is 0 Å². The Hall–Kier alpha value is -1.57. The number of aliphatic hydroxyl groups is 1. The molecule has 0 aliphatic carbocycles. The van der Waals surface area contributed by atoms with Crippen LogP contribution in [0.3, 0.4) is 0 Å². The Bertz CT molecular complexity index is 380. The molecular weight excluding hydrogens is 211 g/mol. The van der Waals surface area contributed by atoms with Crippen molar-refractivity contribution in [1.82, 2.24) is 9.78 Å². The lowest BCUT2D eigenvalue weighted by Crippen LogP contribution is -2.11. The maximum atomic E-state index is 10.9. The van der Waals surface area contributed by atoms with E-state index in [0.717, 1.165) is 0 Å². The van der Waals surface area contributed by atoms with Gasteiger partial charge in [0.05, 0.1) is 10.5 Å². The highest BCUT2D eigenvalue weighted by Crippen LogP contribution is 2.21. The normalized spacial score (nSPS) is 10.4. The maximum Gasteiger partial charge on any atom is 0.323 e. The minimum absolute atomic E-state index is 0.0137. The minimum Gasteiger partial charge on any atom is -0.396 e. The van der Waals surface area contributed by atoms with Crippen LogP contribution in [0.2, 0.25) is 0 Å². The van der Waals surface area contributed by atoms with Gasteiger partial charge in [-0.2, -0.15) is 5.10 Å². The molecule has 1 rings (SSSR count). The van der Waals surface area contributed by atoms with Crippen LogP contribution >= 0.6 is 0 Å². The van der Waals surface area contributed by atoms with Gasteiger partial charge < -0.3 is 10.4 Å². The van der Waals surface area contributed by atoms with Gasteiger partial charge in [0.1, 0.15) is 0 Å². The molecule has 0 unspecified atom stereocenters. The zero-order chi connectivity index (χ0) is 12.1. The fourth-order valence-electron chi connectivity index (χ4n) is 1.52. The van der Waals surface area contributed by atoms with E-state index < -0.39 is 4.92 Å². The Balaban J connectivity index is 3.07. The van der Waals surface area contributed by atoms with Gasteiger partial charge in [0, 0.05) is 19.7 Å². The Labute approximate surface area is 94.0 Å². The first-order valence-electron chi connectivity index (χ1n) is 5.18. The molecule has 0 aromatic carbocycles. The van der Waals surface area contributed by atoms with E-state index in [1.807, 2.05) is 6.92 Å². The molecule has 1 aromatic heterocycles. The number of aryl methyl sites for hydroxylation is 1. The van der Waals surface area contributed by atoms with Crippen LogP contribution in [0.5, 0.6) is 0 Å². The Kier molecular flexibility index (Phi) is 4.30. The highest BCUT2D eigenvalue weighted by atomic mass is 16.6. The summed E-state index contributed by atoms with van der Waals surface area (Å²) in [7, 11) is 1.61. The average Bonchev–Trinajstić information content (AvgIpc) is 2.52. The highest BCUT2D eigenvalue weighted by molar-refractivity contribution is 6.34. The fourth-order valence-corrected chi connectivity index (χ4v) is 1.52. The lowest BCUT2D eigenvalue weighted by molar-refractivity contribution is -0.382. The molecule has 7 nitrogen and oxygen atoms in total. The van der Waals surface area contributed by atoms with Crippen molar-refractivity contribution in [1.29, 1.82) is 0 Å². The van der Waals surface area contributed by atoms with Crippen LogP contribution in [0, 0.1) is 10.1 Å². The molecule has 0 spiro atoms. The van der Waals surface area contributed by atoms with E-state index in [0.29, 0.717) is 30.9 Å². The number of hydrogen-bond donors (Lipinski definition) is 2. The highest BCUT2D eigenvalue weighted by Gasteiger charge is 2.23. The summed E-state index contributed by atoms with van der Waals surface area (Å²) in [6, 6.07) is 0. The second kappa shape index (κ2) is 5.50. The van der Waals surface area contributed by atoms with Gasteiger partial charge in [-0.15, -0.1) is 0 Å². The topological polar surface area (TPSA) is 93.2 Å². The minimum atomic E-state index is -0.435. The summed E-state index contributed by atoms with van der Waals surface area (Å²) in [5.74, 6) is 0.415. The van der Waals surface area contributed by atoms with Crippen molar-refractivity contribution in [3.8, 4) is 0 Å². The van der Waals surface area contributed by atoms with Crippen molar-refractivity contribution in [3.05, 3.63) is 10.1 Å². The lowest BCUT2D eigenvalue weighted by atomic mass is 10.0. The van der Waals surface area contributed by atoms with Crippen molar-refractivity contribution in [2.45, 2.75) is 19.9 Å². The van der Waals surface area contributed by atoms with Gasteiger partial charge in [-0.25, -0.2) is 4.68 Å². The summed E-state index contributed by atoms with van der Waals surface area (Å²) < 4.78 is 1.53. The van der Waals surface area contributed by atoms with Gasteiger partial charge in [-0.05, 0) is 13.3 Å². The first-order chi connectivity index (χ1) is 7.61. The molecule has 0 saturated heterocycles.